The van der Waals surface area contributed by atoms with Crippen molar-refractivity contribution in [3.05, 3.63) is 0 Å². The third-order valence-corrected chi connectivity index (χ3v) is 7.08. The number of rotatable bonds is 2. The summed E-state index contributed by atoms with van der Waals surface area (Å²) in [6.45, 7) is 15.4. The van der Waals surface area contributed by atoms with Crippen LogP contribution in [0.5, 0.6) is 0 Å². The lowest BCUT2D eigenvalue weighted by Crippen LogP contribution is -2.59. The molecule has 25 heavy (non-hydrogen) atoms. The van der Waals surface area contributed by atoms with E-state index in [0.717, 1.165) is 12.8 Å². The molecule has 1 amide bonds. The predicted molar refractivity (Wildman–Crippen MR) is 99.9 cm³/mol. The quantitative estimate of drug-likeness (QED) is 0.726. The summed E-state index contributed by atoms with van der Waals surface area (Å²) in [6.07, 6.45) is 0.527. The van der Waals surface area contributed by atoms with Crippen molar-refractivity contribution in [1.82, 2.24) is 9.62 Å². The zero-order valence-corrected chi connectivity index (χ0v) is 17.4. The molecule has 0 aromatic carbocycles. The van der Waals surface area contributed by atoms with Gasteiger partial charge >= 0.3 is 6.09 Å². The van der Waals surface area contributed by atoms with Crippen molar-refractivity contribution in [1.29, 1.82) is 0 Å². The highest BCUT2D eigenvalue weighted by Gasteiger charge is 2.60. The smallest absolute Gasteiger partial charge is 0.407 e. The average Bonchev–Trinajstić information content (AvgIpc) is 2.72. The molecule has 2 N–H and O–H groups in total. The van der Waals surface area contributed by atoms with Crippen molar-refractivity contribution in [2.24, 2.45) is 10.8 Å². The zero-order valence-electron chi connectivity index (χ0n) is 16.6. The fourth-order valence-electron chi connectivity index (χ4n) is 4.32. The molecule has 2 rings (SSSR count). The van der Waals surface area contributed by atoms with Crippen LogP contribution in [-0.2, 0) is 16.1 Å². The molecule has 0 aliphatic carbocycles. The van der Waals surface area contributed by atoms with Crippen LogP contribution in [0.25, 0.3) is 0 Å². The molecule has 2 heterocycles. The highest BCUT2D eigenvalue weighted by molar-refractivity contribution is 7.90. The van der Waals surface area contributed by atoms with E-state index in [9.17, 15) is 14.5 Å². The van der Waals surface area contributed by atoms with Crippen LogP contribution in [0.1, 0.15) is 61.3 Å². The van der Waals surface area contributed by atoms with Crippen LogP contribution in [0.4, 0.5) is 4.79 Å². The normalized spacial score (nSPS) is 31.4. The lowest BCUT2D eigenvalue weighted by atomic mass is 9.63. The van der Waals surface area contributed by atoms with Gasteiger partial charge in [0.1, 0.15) is 4.75 Å². The number of hydrogen-bond acceptors (Lipinski definition) is 4. The topological polar surface area (TPSA) is 84.9 Å². The van der Waals surface area contributed by atoms with E-state index in [0.29, 0.717) is 13.1 Å². The third kappa shape index (κ3) is 4.10. The van der Waals surface area contributed by atoms with Gasteiger partial charge in [0, 0.05) is 29.9 Å². The van der Waals surface area contributed by atoms with Gasteiger partial charge in [0.15, 0.2) is 0 Å². The van der Waals surface area contributed by atoms with Crippen molar-refractivity contribution in [2.45, 2.75) is 84.3 Å². The van der Waals surface area contributed by atoms with Crippen molar-refractivity contribution < 1.29 is 19.2 Å². The van der Waals surface area contributed by atoms with Crippen molar-refractivity contribution in [3.8, 4) is 0 Å². The number of nitrogens with one attached hydrogen (secondary N) is 1. The van der Waals surface area contributed by atoms with Crippen molar-refractivity contribution in [3.63, 3.8) is 0 Å². The van der Waals surface area contributed by atoms with Gasteiger partial charge in [0.25, 0.3) is 0 Å². The minimum absolute atomic E-state index is 0.000383. The molecule has 1 unspecified atom stereocenters. The monoisotopic (exact) mass is 374 g/mol. The van der Waals surface area contributed by atoms with E-state index in [-0.39, 0.29) is 33.8 Å². The van der Waals surface area contributed by atoms with Crippen LogP contribution >= 0.6 is 0 Å². The number of piperidine rings is 1. The maximum Gasteiger partial charge on any atom is 0.407 e. The second-order valence-corrected chi connectivity index (χ2v) is 11.6. The van der Waals surface area contributed by atoms with Crippen LogP contribution in [0.3, 0.4) is 0 Å². The molecule has 0 bridgehead atoms. The Hall–Kier alpha value is -0.500. The highest BCUT2D eigenvalue weighted by Crippen LogP contribution is 2.52. The Balaban J connectivity index is 2.31. The number of hydrogen-bond donors (Lipinski definition) is 2. The fourth-order valence-corrected chi connectivity index (χ4v) is 5.33. The summed E-state index contributed by atoms with van der Waals surface area (Å²) in [4.78, 5) is 12.8. The summed E-state index contributed by atoms with van der Waals surface area (Å²) in [5, 5.41) is 9.30. The van der Waals surface area contributed by atoms with E-state index < -0.39 is 17.5 Å². The summed E-state index contributed by atoms with van der Waals surface area (Å²) in [6, 6.07) is -0.0484. The van der Waals surface area contributed by atoms with E-state index >= 15 is 0 Å². The molecule has 0 aromatic rings. The summed E-state index contributed by atoms with van der Waals surface area (Å²) in [7, 11) is 0. The number of nitrogens with zero attached hydrogens (tertiary/aromatic N) is 1. The van der Waals surface area contributed by atoms with Gasteiger partial charge in [0.05, 0.1) is 18.2 Å². The van der Waals surface area contributed by atoms with E-state index in [1.54, 1.807) is 0 Å². The molecule has 6 nitrogen and oxygen atoms in total. The van der Waals surface area contributed by atoms with Crippen LogP contribution in [0.2, 0.25) is 0 Å². The minimum atomic E-state index is -1.19. The molecule has 2 aliphatic rings. The second kappa shape index (κ2) is 6.91. The van der Waals surface area contributed by atoms with Gasteiger partial charge in [-0.25, -0.2) is 4.79 Å². The van der Waals surface area contributed by atoms with Crippen LogP contribution in [0, 0.1) is 10.8 Å². The molecule has 7 heteroatoms. The first-order valence-electron chi connectivity index (χ1n) is 9.10. The summed E-state index contributed by atoms with van der Waals surface area (Å²) in [5.74, 6) is 0. The maximum absolute atomic E-state index is 12.8. The Bertz CT molecular complexity index is 492. The lowest BCUT2D eigenvalue weighted by molar-refractivity contribution is -0.0681. The summed E-state index contributed by atoms with van der Waals surface area (Å²) >= 11 is -1.19. The summed E-state index contributed by atoms with van der Waals surface area (Å²) < 4.78 is 22.1. The molecular weight excluding hydrogens is 340 g/mol. The maximum atomic E-state index is 12.8. The van der Waals surface area contributed by atoms with Gasteiger partial charge in [-0.15, -0.1) is 4.72 Å². The average molecular weight is 375 g/mol. The SMILES string of the molecule is C[C@@H]1OC(C(C)(C)C)C2(CCN(C(=O)O)CC2)[C@@H]1N[S@+]([O-])C(C)(C)C. The number of likely N-dealkylation sites (tertiary alicyclic amines) is 1. The van der Waals surface area contributed by atoms with E-state index in [2.05, 4.69) is 25.5 Å². The standard InChI is InChI=1S/C18H34N2O4S/c1-12-13(19-25(23)17(5,6)7)18(14(24-12)16(2,3)4)8-10-20(11-9-18)15(21)22/h12-14,19H,8-11H2,1-7H3,(H,21,22)/t12-,13+,14?,25+/m0/s1. The number of amides is 1. The molecule has 0 radical (unpaired) electrons. The molecule has 0 aromatic heterocycles. The van der Waals surface area contributed by atoms with Crippen molar-refractivity contribution >= 4 is 17.5 Å². The first-order chi connectivity index (χ1) is 11.3. The van der Waals surface area contributed by atoms with Gasteiger partial charge in [-0.2, -0.15) is 0 Å². The Morgan fingerprint density at radius 3 is 2.16 bits per heavy atom. The van der Waals surface area contributed by atoms with Gasteiger partial charge < -0.3 is 19.3 Å². The van der Waals surface area contributed by atoms with Gasteiger partial charge in [-0.1, -0.05) is 20.8 Å². The Labute approximate surface area is 155 Å². The molecule has 4 atom stereocenters. The highest BCUT2D eigenvalue weighted by atomic mass is 32.2. The number of carbonyl (C=O) groups is 1. The molecule has 146 valence electrons. The van der Waals surface area contributed by atoms with Crippen LogP contribution in [-0.4, -0.2) is 56.7 Å². The molecule has 2 saturated heterocycles. The molecular formula is C18H34N2O4S. The first-order valence-corrected chi connectivity index (χ1v) is 10.3. The second-order valence-electron chi connectivity index (χ2n) is 9.57. The molecule has 2 aliphatic heterocycles. The van der Waals surface area contributed by atoms with Gasteiger partial charge in [-0.05, 0) is 46.0 Å². The number of carboxylic acid groups (broad SMARTS) is 1. The fraction of sp³-hybridized carbons (Fsp3) is 0.944. The molecule has 1 spiro atoms. The largest absolute Gasteiger partial charge is 0.598 e. The third-order valence-electron chi connectivity index (χ3n) is 5.50. The van der Waals surface area contributed by atoms with Crippen LogP contribution < -0.4 is 4.72 Å². The molecule has 2 fully saturated rings. The van der Waals surface area contributed by atoms with Crippen LogP contribution in [0.15, 0.2) is 0 Å². The Kier molecular flexibility index (Phi) is 5.75. The van der Waals surface area contributed by atoms with E-state index in [4.69, 9.17) is 4.74 Å². The van der Waals surface area contributed by atoms with Crippen molar-refractivity contribution in [2.75, 3.05) is 13.1 Å². The first kappa shape index (κ1) is 20.8. The Morgan fingerprint density at radius 2 is 1.76 bits per heavy atom. The Morgan fingerprint density at radius 1 is 1.24 bits per heavy atom. The zero-order chi connectivity index (χ0) is 19.2. The lowest BCUT2D eigenvalue weighted by Gasteiger charge is -2.48. The van der Waals surface area contributed by atoms with E-state index in [1.807, 2.05) is 27.7 Å². The predicted octanol–water partition coefficient (Wildman–Crippen LogP) is 3.00. The van der Waals surface area contributed by atoms with Gasteiger partial charge in [-0.3, -0.25) is 0 Å². The van der Waals surface area contributed by atoms with Gasteiger partial charge in [0.2, 0.25) is 0 Å². The molecule has 0 saturated carbocycles. The van der Waals surface area contributed by atoms with E-state index in [1.165, 1.54) is 4.90 Å². The number of ether oxygens (including phenoxy) is 1. The summed E-state index contributed by atoms with van der Waals surface area (Å²) in [5.41, 5.74) is -0.274. The minimum Gasteiger partial charge on any atom is -0.598 e.